The Labute approximate surface area is 175 Å². The van der Waals surface area contributed by atoms with E-state index in [2.05, 4.69) is 10.6 Å². The van der Waals surface area contributed by atoms with Crippen molar-refractivity contribution in [3.63, 3.8) is 0 Å². The van der Waals surface area contributed by atoms with Crippen LogP contribution < -0.4 is 16.4 Å². The van der Waals surface area contributed by atoms with E-state index < -0.39 is 0 Å². The van der Waals surface area contributed by atoms with Crippen LogP contribution in [-0.2, 0) is 11.2 Å². The van der Waals surface area contributed by atoms with E-state index in [9.17, 15) is 9.59 Å². The Hall–Kier alpha value is -1.79. The number of nitrogens with one attached hydrogen (secondary N) is 2. The van der Waals surface area contributed by atoms with Crippen molar-refractivity contribution < 1.29 is 9.59 Å². The van der Waals surface area contributed by atoms with Crippen molar-refractivity contribution in [1.82, 2.24) is 5.32 Å². The normalized spacial score (nSPS) is 10.0. The van der Waals surface area contributed by atoms with Gasteiger partial charge in [-0.15, -0.1) is 12.4 Å². The molecule has 0 bridgehead atoms. The zero-order valence-electron chi connectivity index (χ0n) is 14.6. The van der Waals surface area contributed by atoms with Crippen molar-refractivity contribution in [2.45, 2.75) is 19.3 Å². The third kappa shape index (κ3) is 7.39. The van der Waals surface area contributed by atoms with Crippen molar-refractivity contribution in [3.05, 3.63) is 63.6 Å². The third-order valence-corrected chi connectivity index (χ3v) is 4.47. The fourth-order valence-electron chi connectivity index (χ4n) is 2.43. The number of hydrogen-bond donors (Lipinski definition) is 3. The van der Waals surface area contributed by atoms with Gasteiger partial charge in [0.15, 0.2) is 0 Å². The van der Waals surface area contributed by atoms with Gasteiger partial charge in [-0.3, -0.25) is 9.59 Å². The van der Waals surface area contributed by atoms with Gasteiger partial charge in [-0.2, -0.15) is 0 Å². The van der Waals surface area contributed by atoms with Crippen LogP contribution in [0.15, 0.2) is 42.5 Å². The topological polar surface area (TPSA) is 84.2 Å². The van der Waals surface area contributed by atoms with Crippen LogP contribution in [0.25, 0.3) is 0 Å². The van der Waals surface area contributed by atoms with Crippen LogP contribution in [0.1, 0.15) is 28.8 Å². The molecule has 2 aromatic rings. The number of benzene rings is 2. The highest BCUT2D eigenvalue weighted by molar-refractivity contribution is 6.42. The lowest BCUT2D eigenvalue weighted by atomic mass is 10.1. The lowest BCUT2D eigenvalue weighted by Gasteiger charge is -2.11. The Balaban J connectivity index is 0.00000364. The minimum Gasteiger partial charge on any atom is -0.351 e. The number of anilines is 1. The van der Waals surface area contributed by atoms with E-state index >= 15 is 0 Å². The predicted molar refractivity (Wildman–Crippen MR) is 113 cm³/mol. The van der Waals surface area contributed by atoms with Crippen LogP contribution in [-0.4, -0.2) is 24.9 Å². The molecule has 0 aliphatic rings. The van der Waals surface area contributed by atoms with Gasteiger partial charge in [0.05, 0.1) is 21.3 Å². The third-order valence-electron chi connectivity index (χ3n) is 3.73. The molecule has 146 valence electrons. The van der Waals surface area contributed by atoms with Gasteiger partial charge >= 0.3 is 0 Å². The van der Waals surface area contributed by atoms with Crippen molar-refractivity contribution >= 4 is 53.1 Å². The second-order valence-corrected chi connectivity index (χ2v) is 6.55. The first-order valence-corrected chi connectivity index (χ1v) is 9.08. The summed E-state index contributed by atoms with van der Waals surface area (Å²) in [5.41, 5.74) is 7.32. The molecule has 0 saturated carbocycles. The predicted octanol–water partition coefficient (Wildman–Crippen LogP) is 4.07. The van der Waals surface area contributed by atoms with Crippen molar-refractivity contribution in [3.8, 4) is 0 Å². The lowest BCUT2D eigenvalue weighted by Crippen LogP contribution is -2.29. The number of hydrogen-bond acceptors (Lipinski definition) is 3. The number of carbonyl (C=O) groups excluding carboxylic acids is 2. The van der Waals surface area contributed by atoms with Crippen LogP contribution in [0.5, 0.6) is 0 Å². The highest BCUT2D eigenvalue weighted by atomic mass is 35.5. The van der Waals surface area contributed by atoms with E-state index in [0.29, 0.717) is 53.6 Å². The highest BCUT2D eigenvalue weighted by Crippen LogP contribution is 2.23. The molecule has 4 N–H and O–H groups in total. The Morgan fingerprint density at radius 3 is 2.48 bits per heavy atom. The fraction of sp³-hybridized carbons (Fsp3) is 0.263. The number of amides is 2. The molecule has 0 aromatic heterocycles. The molecule has 0 aliphatic carbocycles. The summed E-state index contributed by atoms with van der Waals surface area (Å²) < 4.78 is 0. The van der Waals surface area contributed by atoms with Gasteiger partial charge in [0.1, 0.15) is 0 Å². The molecule has 2 amide bonds. The largest absolute Gasteiger partial charge is 0.351 e. The standard InChI is InChI=1S/C19H21Cl2N3O2.ClH/c20-15-9-8-13(12-16(15)21)4-3-7-18(25)24-17-6-2-1-5-14(17)19(26)23-11-10-22;/h1-2,5-6,8-9,12H,3-4,7,10-11,22H2,(H,23,26)(H,24,25);1H. The maximum atomic E-state index is 12.2. The summed E-state index contributed by atoms with van der Waals surface area (Å²) in [7, 11) is 0. The minimum atomic E-state index is -0.262. The molecule has 5 nitrogen and oxygen atoms in total. The zero-order chi connectivity index (χ0) is 18.9. The molecule has 27 heavy (non-hydrogen) atoms. The summed E-state index contributed by atoms with van der Waals surface area (Å²) >= 11 is 11.9. The van der Waals surface area contributed by atoms with Gasteiger partial charge in [-0.1, -0.05) is 41.4 Å². The highest BCUT2D eigenvalue weighted by Gasteiger charge is 2.12. The molecule has 0 spiro atoms. The Morgan fingerprint density at radius 2 is 1.78 bits per heavy atom. The summed E-state index contributed by atoms with van der Waals surface area (Å²) in [5, 5.41) is 6.51. The Kier molecular flexibility index (Phi) is 10.2. The van der Waals surface area contributed by atoms with Crippen LogP contribution in [0.2, 0.25) is 10.0 Å². The van der Waals surface area contributed by atoms with Gasteiger partial charge in [-0.25, -0.2) is 0 Å². The number of para-hydroxylation sites is 1. The van der Waals surface area contributed by atoms with E-state index in [-0.39, 0.29) is 24.2 Å². The second-order valence-electron chi connectivity index (χ2n) is 5.74. The van der Waals surface area contributed by atoms with Gasteiger partial charge in [0, 0.05) is 19.5 Å². The van der Waals surface area contributed by atoms with Gasteiger partial charge < -0.3 is 16.4 Å². The van der Waals surface area contributed by atoms with Crippen LogP contribution >= 0.6 is 35.6 Å². The SMILES string of the molecule is Cl.NCCNC(=O)c1ccccc1NC(=O)CCCc1ccc(Cl)c(Cl)c1. The first-order chi connectivity index (χ1) is 12.5. The summed E-state index contributed by atoms with van der Waals surface area (Å²) in [6.45, 7) is 0.736. The van der Waals surface area contributed by atoms with E-state index in [1.165, 1.54) is 0 Å². The van der Waals surface area contributed by atoms with Gasteiger partial charge in [-0.05, 0) is 42.7 Å². The van der Waals surface area contributed by atoms with E-state index in [0.717, 1.165) is 5.56 Å². The van der Waals surface area contributed by atoms with Crippen molar-refractivity contribution in [2.24, 2.45) is 5.73 Å². The molecule has 0 atom stereocenters. The molecule has 2 rings (SSSR count). The smallest absolute Gasteiger partial charge is 0.253 e. The minimum absolute atomic E-state index is 0. The van der Waals surface area contributed by atoms with Crippen LogP contribution in [0.3, 0.4) is 0 Å². The van der Waals surface area contributed by atoms with Gasteiger partial charge in [0.2, 0.25) is 5.91 Å². The summed E-state index contributed by atoms with van der Waals surface area (Å²) in [6, 6.07) is 12.3. The average Bonchev–Trinajstić information content (AvgIpc) is 2.63. The van der Waals surface area contributed by atoms with Crippen LogP contribution in [0.4, 0.5) is 5.69 Å². The number of aryl methyl sites for hydroxylation is 1. The molecule has 8 heteroatoms. The number of halogens is 3. The average molecular weight is 431 g/mol. The molecule has 0 saturated heterocycles. The summed E-state index contributed by atoms with van der Waals surface area (Å²) in [6.07, 6.45) is 1.70. The monoisotopic (exact) mass is 429 g/mol. The molecular weight excluding hydrogens is 409 g/mol. The zero-order valence-corrected chi connectivity index (χ0v) is 17.0. The van der Waals surface area contributed by atoms with E-state index in [4.69, 9.17) is 28.9 Å². The quantitative estimate of drug-likeness (QED) is 0.590. The van der Waals surface area contributed by atoms with Gasteiger partial charge in [0.25, 0.3) is 5.91 Å². The second kappa shape index (κ2) is 11.8. The van der Waals surface area contributed by atoms with Crippen molar-refractivity contribution in [1.29, 1.82) is 0 Å². The molecule has 0 heterocycles. The maximum Gasteiger partial charge on any atom is 0.253 e. The maximum absolute atomic E-state index is 12.2. The number of rotatable bonds is 8. The fourth-order valence-corrected chi connectivity index (χ4v) is 2.75. The number of carbonyl (C=O) groups is 2. The Bertz CT molecular complexity index is 785. The molecule has 0 radical (unpaired) electrons. The molecule has 0 fully saturated rings. The molecule has 0 unspecified atom stereocenters. The number of nitrogens with two attached hydrogens (primary N) is 1. The summed E-state index contributed by atoms with van der Waals surface area (Å²) in [4.78, 5) is 24.3. The molecular formula is C19H22Cl3N3O2. The summed E-state index contributed by atoms with van der Waals surface area (Å²) in [5.74, 6) is -0.411. The van der Waals surface area contributed by atoms with E-state index in [1.54, 1.807) is 36.4 Å². The Morgan fingerprint density at radius 1 is 1.04 bits per heavy atom. The van der Waals surface area contributed by atoms with E-state index in [1.807, 2.05) is 6.07 Å². The lowest BCUT2D eigenvalue weighted by molar-refractivity contribution is -0.116. The first kappa shape index (κ1) is 23.2. The molecule has 0 aliphatic heterocycles. The first-order valence-electron chi connectivity index (χ1n) is 8.32. The van der Waals surface area contributed by atoms with Crippen LogP contribution in [0, 0.1) is 0 Å². The van der Waals surface area contributed by atoms with Crippen molar-refractivity contribution in [2.75, 3.05) is 18.4 Å². The molecule has 2 aromatic carbocycles.